The molecule has 1 unspecified atom stereocenters. The Labute approximate surface area is 104 Å². The van der Waals surface area contributed by atoms with Crippen molar-refractivity contribution in [2.24, 2.45) is 0 Å². The largest absolute Gasteiger partial charge is 0.297 e. The fourth-order valence-corrected chi connectivity index (χ4v) is 3.49. The number of likely N-dealkylation sites (tertiary alicyclic amines) is 2. The van der Waals surface area contributed by atoms with Gasteiger partial charge in [0.1, 0.15) is 5.54 Å². The molecule has 2 saturated heterocycles. The van der Waals surface area contributed by atoms with Crippen molar-refractivity contribution in [2.45, 2.75) is 56.5 Å². The third-order valence-corrected chi connectivity index (χ3v) is 4.76. The van der Waals surface area contributed by atoms with Gasteiger partial charge in [0.2, 0.25) is 0 Å². The molecule has 0 bridgehead atoms. The molecule has 0 radical (unpaired) electrons. The Kier molecular flexibility index (Phi) is 3.10. The minimum Gasteiger partial charge on any atom is -0.297 e. The maximum absolute atomic E-state index is 9.66. The minimum absolute atomic E-state index is 0.146. The SMILES string of the molecule is N#CC1(N2CCCCCC2)CCN(C2CC2)C1. The zero-order chi connectivity index (χ0) is 11.7. The average Bonchev–Trinajstić information content (AvgIpc) is 3.15. The van der Waals surface area contributed by atoms with Crippen LogP contribution in [0.4, 0.5) is 0 Å². The van der Waals surface area contributed by atoms with E-state index < -0.39 is 0 Å². The van der Waals surface area contributed by atoms with E-state index in [4.69, 9.17) is 0 Å². The van der Waals surface area contributed by atoms with Crippen LogP contribution in [0.25, 0.3) is 0 Å². The summed E-state index contributed by atoms with van der Waals surface area (Å²) in [5, 5.41) is 9.66. The number of nitrogens with zero attached hydrogens (tertiary/aromatic N) is 3. The second-order valence-electron chi connectivity index (χ2n) is 6.00. The molecule has 2 aliphatic heterocycles. The van der Waals surface area contributed by atoms with Gasteiger partial charge < -0.3 is 0 Å². The van der Waals surface area contributed by atoms with Crippen molar-refractivity contribution < 1.29 is 0 Å². The van der Waals surface area contributed by atoms with Gasteiger partial charge in [0.15, 0.2) is 0 Å². The van der Waals surface area contributed by atoms with Gasteiger partial charge in [-0.05, 0) is 45.2 Å². The molecule has 0 spiro atoms. The molecule has 3 fully saturated rings. The Bertz CT molecular complexity index is 310. The number of hydrogen-bond acceptors (Lipinski definition) is 3. The highest BCUT2D eigenvalue weighted by atomic mass is 15.3. The predicted molar refractivity (Wildman–Crippen MR) is 67.6 cm³/mol. The second-order valence-corrected chi connectivity index (χ2v) is 6.00. The van der Waals surface area contributed by atoms with E-state index in [1.165, 1.54) is 38.5 Å². The first kappa shape index (κ1) is 11.5. The summed E-state index contributed by atoms with van der Waals surface area (Å²) in [5.41, 5.74) is -0.146. The molecule has 2 heterocycles. The van der Waals surface area contributed by atoms with Gasteiger partial charge in [0.25, 0.3) is 0 Å². The van der Waals surface area contributed by atoms with Gasteiger partial charge in [-0.3, -0.25) is 9.80 Å². The molecule has 17 heavy (non-hydrogen) atoms. The van der Waals surface area contributed by atoms with E-state index in [2.05, 4.69) is 15.9 Å². The molecule has 0 aromatic rings. The minimum atomic E-state index is -0.146. The summed E-state index contributed by atoms with van der Waals surface area (Å²) in [6, 6.07) is 3.49. The highest BCUT2D eigenvalue weighted by molar-refractivity contribution is 5.15. The Balaban J connectivity index is 1.70. The van der Waals surface area contributed by atoms with Crippen LogP contribution in [-0.4, -0.2) is 47.6 Å². The van der Waals surface area contributed by atoms with Crippen LogP contribution in [0.3, 0.4) is 0 Å². The van der Waals surface area contributed by atoms with Crippen molar-refractivity contribution in [3.05, 3.63) is 0 Å². The first-order valence-electron chi connectivity index (χ1n) is 7.24. The van der Waals surface area contributed by atoms with E-state index in [1.807, 2.05) is 0 Å². The number of hydrogen-bond donors (Lipinski definition) is 0. The van der Waals surface area contributed by atoms with Crippen molar-refractivity contribution >= 4 is 0 Å². The van der Waals surface area contributed by atoms with Gasteiger partial charge in [-0.1, -0.05) is 12.8 Å². The lowest BCUT2D eigenvalue weighted by Gasteiger charge is -2.35. The van der Waals surface area contributed by atoms with Gasteiger partial charge in [-0.15, -0.1) is 0 Å². The normalized spacial score (nSPS) is 36.6. The number of nitriles is 1. The first-order valence-corrected chi connectivity index (χ1v) is 7.24. The van der Waals surface area contributed by atoms with E-state index in [0.717, 1.165) is 38.6 Å². The second kappa shape index (κ2) is 4.59. The lowest BCUT2D eigenvalue weighted by molar-refractivity contribution is 0.142. The smallest absolute Gasteiger partial charge is 0.123 e. The summed E-state index contributed by atoms with van der Waals surface area (Å²) >= 11 is 0. The third-order valence-electron chi connectivity index (χ3n) is 4.76. The standard InChI is InChI=1S/C14H23N3/c15-11-14(17-8-3-1-2-4-9-17)7-10-16(12-14)13-5-6-13/h13H,1-10,12H2. The molecule has 3 nitrogen and oxygen atoms in total. The summed E-state index contributed by atoms with van der Waals surface area (Å²) in [6.07, 6.45) is 9.07. The van der Waals surface area contributed by atoms with E-state index in [0.29, 0.717) is 0 Å². The van der Waals surface area contributed by atoms with Crippen molar-refractivity contribution in [1.29, 1.82) is 5.26 Å². The fraction of sp³-hybridized carbons (Fsp3) is 0.929. The molecule has 94 valence electrons. The maximum atomic E-state index is 9.66. The van der Waals surface area contributed by atoms with Gasteiger partial charge >= 0.3 is 0 Å². The van der Waals surface area contributed by atoms with Crippen molar-refractivity contribution in [2.75, 3.05) is 26.2 Å². The van der Waals surface area contributed by atoms with Gasteiger partial charge in [-0.25, -0.2) is 0 Å². The summed E-state index contributed by atoms with van der Waals surface area (Å²) in [7, 11) is 0. The van der Waals surface area contributed by atoms with E-state index >= 15 is 0 Å². The van der Waals surface area contributed by atoms with Gasteiger partial charge in [0.05, 0.1) is 6.07 Å². The predicted octanol–water partition coefficient (Wildman–Crippen LogP) is 1.99. The molecule has 1 atom stereocenters. The lowest BCUT2D eigenvalue weighted by atomic mass is 9.97. The van der Waals surface area contributed by atoms with Crippen molar-refractivity contribution in [3.63, 3.8) is 0 Å². The van der Waals surface area contributed by atoms with Crippen LogP contribution < -0.4 is 0 Å². The molecular formula is C14H23N3. The monoisotopic (exact) mass is 233 g/mol. The summed E-state index contributed by atoms with van der Waals surface area (Å²) in [5.74, 6) is 0. The molecule has 1 saturated carbocycles. The quantitative estimate of drug-likeness (QED) is 0.730. The fourth-order valence-electron chi connectivity index (χ4n) is 3.49. The third kappa shape index (κ3) is 2.21. The number of rotatable bonds is 2. The first-order chi connectivity index (χ1) is 8.34. The van der Waals surface area contributed by atoms with Crippen LogP contribution >= 0.6 is 0 Å². The van der Waals surface area contributed by atoms with Gasteiger partial charge in [0, 0.05) is 19.1 Å². The Hall–Kier alpha value is -0.590. The van der Waals surface area contributed by atoms with Gasteiger partial charge in [-0.2, -0.15) is 5.26 Å². The molecule has 0 N–H and O–H groups in total. The molecule has 0 aromatic heterocycles. The summed E-state index contributed by atoms with van der Waals surface area (Å²) < 4.78 is 0. The highest BCUT2D eigenvalue weighted by Gasteiger charge is 2.46. The zero-order valence-corrected chi connectivity index (χ0v) is 10.7. The zero-order valence-electron chi connectivity index (χ0n) is 10.7. The molecule has 0 amide bonds. The van der Waals surface area contributed by atoms with E-state index in [-0.39, 0.29) is 5.54 Å². The summed E-state index contributed by atoms with van der Waals surface area (Å²) in [4.78, 5) is 5.07. The van der Waals surface area contributed by atoms with Crippen molar-refractivity contribution in [1.82, 2.24) is 9.80 Å². The van der Waals surface area contributed by atoms with E-state index in [1.54, 1.807) is 0 Å². The van der Waals surface area contributed by atoms with Crippen LogP contribution in [-0.2, 0) is 0 Å². The highest BCUT2D eigenvalue weighted by Crippen LogP contribution is 2.36. The lowest BCUT2D eigenvalue weighted by Crippen LogP contribution is -2.50. The average molecular weight is 233 g/mol. The molecule has 0 aromatic carbocycles. The molecular weight excluding hydrogens is 210 g/mol. The Morgan fingerprint density at radius 1 is 1.00 bits per heavy atom. The van der Waals surface area contributed by atoms with Crippen LogP contribution in [0.15, 0.2) is 0 Å². The molecule has 1 aliphatic carbocycles. The topological polar surface area (TPSA) is 30.3 Å². The Morgan fingerprint density at radius 3 is 2.29 bits per heavy atom. The summed E-state index contributed by atoms with van der Waals surface area (Å²) in [6.45, 7) is 4.45. The van der Waals surface area contributed by atoms with E-state index in [9.17, 15) is 5.26 Å². The van der Waals surface area contributed by atoms with Crippen LogP contribution in [0.5, 0.6) is 0 Å². The van der Waals surface area contributed by atoms with Crippen LogP contribution in [0.2, 0.25) is 0 Å². The molecule has 3 rings (SSSR count). The van der Waals surface area contributed by atoms with Crippen molar-refractivity contribution in [3.8, 4) is 6.07 Å². The maximum Gasteiger partial charge on any atom is 0.123 e. The van der Waals surface area contributed by atoms with Crippen LogP contribution in [0, 0.1) is 11.3 Å². The Morgan fingerprint density at radius 2 is 1.71 bits per heavy atom. The van der Waals surface area contributed by atoms with Crippen LogP contribution in [0.1, 0.15) is 44.9 Å². The molecule has 3 heteroatoms. The molecule has 3 aliphatic rings.